The van der Waals surface area contributed by atoms with Crippen molar-refractivity contribution in [3.05, 3.63) is 64.7 Å². The molecule has 0 bridgehead atoms. The van der Waals surface area contributed by atoms with Crippen LogP contribution in [0.3, 0.4) is 0 Å². The van der Waals surface area contributed by atoms with Gasteiger partial charge in [-0.1, -0.05) is 48.0 Å². The summed E-state index contributed by atoms with van der Waals surface area (Å²) in [6.45, 7) is 3.55. The Labute approximate surface area is 143 Å². The molecule has 0 aliphatic heterocycles. The molecular formula is C19H23ClN2O. The summed E-state index contributed by atoms with van der Waals surface area (Å²) in [6, 6.07) is 15.9. The first-order valence-corrected chi connectivity index (χ1v) is 8.33. The molecule has 0 spiro atoms. The predicted octanol–water partition coefficient (Wildman–Crippen LogP) is 4.20. The summed E-state index contributed by atoms with van der Waals surface area (Å²) in [4.78, 5) is 11.9. The Kier molecular flexibility index (Phi) is 7.11. The van der Waals surface area contributed by atoms with Crippen LogP contribution in [0.1, 0.15) is 24.0 Å². The van der Waals surface area contributed by atoms with Crippen LogP contribution in [0, 0.1) is 6.92 Å². The molecule has 23 heavy (non-hydrogen) atoms. The number of carbonyl (C=O) groups excluding carboxylic acids is 1. The number of carbonyl (C=O) groups is 1. The molecule has 0 fully saturated rings. The Morgan fingerprint density at radius 1 is 1.09 bits per heavy atom. The van der Waals surface area contributed by atoms with Crippen molar-refractivity contribution in [3.63, 3.8) is 0 Å². The molecule has 0 heterocycles. The van der Waals surface area contributed by atoms with Gasteiger partial charge in [-0.05, 0) is 49.6 Å². The first-order chi connectivity index (χ1) is 11.1. The quantitative estimate of drug-likeness (QED) is 0.712. The van der Waals surface area contributed by atoms with Crippen LogP contribution in [-0.4, -0.2) is 19.0 Å². The largest absolute Gasteiger partial charge is 0.326 e. The van der Waals surface area contributed by atoms with Gasteiger partial charge in [0, 0.05) is 23.7 Å². The van der Waals surface area contributed by atoms with Gasteiger partial charge >= 0.3 is 0 Å². The number of anilines is 1. The lowest BCUT2D eigenvalue weighted by atomic mass is 10.1. The van der Waals surface area contributed by atoms with E-state index in [-0.39, 0.29) is 5.91 Å². The maximum Gasteiger partial charge on any atom is 0.225 e. The van der Waals surface area contributed by atoms with Gasteiger partial charge < -0.3 is 10.6 Å². The summed E-state index contributed by atoms with van der Waals surface area (Å²) >= 11 is 5.95. The van der Waals surface area contributed by atoms with E-state index < -0.39 is 0 Å². The fourth-order valence-electron chi connectivity index (χ4n) is 2.33. The molecule has 1 amide bonds. The molecule has 0 atom stereocenters. The number of rotatable bonds is 8. The Morgan fingerprint density at radius 2 is 1.87 bits per heavy atom. The standard InChI is InChI=1S/C19H23ClN2O/c1-15-9-10-17(20)14-18(15)22-19(23)11-13-21-12-5-8-16-6-3-2-4-7-16/h2-4,6-7,9-10,14,21H,5,8,11-13H2,1H3,(H,22,23). The highest BCUT2D eigenvalue weighted by Crippen LogP contribution is 2.20. The third-order valence-electron chi connectivity index (χ3n) is 3.66. The summed E-state index contributed by atoms with van der Waals surface area (Å²) in [5.74, 6) is 0.00549. The van der Waals surface area contributed by atoms with E-state index in [1.807, 2.05) is 25.1 Å². The van der Waals surface area contributed by atoms with Crippen molar-refractivity contribution in [2.75, 3.05) is 18.4 Å². The normalized spacial score (nSPS) is 10.5. The molecule has 2 aromatic rings. The topological polar surface area (TPSA) is 41.1 Å². The van der Waals surface area contributed by atoms with E-state index in [1.54, 1.807) is 6.07 Å². The van der Waals surface area contributed by atoms with Crippen molar-refractivity contribution in [2.24, 2.45) is 0 Å². The van der Waals surface area contributed by atoms with Gasteiger partial charge in [-0.3, -0.25) is 4.79 Å². The average Bonchev–Trinajstić information content (AvgIpc) is 2.55. The summed E-state index contributed by atoms with van der Waals surface area (Å²) in [6.07, 6.45) is 2.58. The van der Waals surface area contributed by atoms with Crippen LogP contribution in [0.2, 0.25) is 5.02 Å². The lowest BCUT2D eigenvalue weighted by molar-refractivity contribution is -0.116. The molecule has 0 radical (unpaired) electrons. The summed E-state index contributed by atoms with van der Waals surface area (Å²) in [5.41, 5.74) is 3.15. The van der Waals surface area contributed by atoms with Gasteiger partial charge in [-0.2, -0.15) is 0 Å². The fraction of sp³-hybridized carbons (Fsp3) is 0.316. The number of amides is 1. The van der Waals surface area contributed by atoms with Crippen LogP contribution in [0.25, 0.3) is 0 Å². The van der Waals surface area contributed by atoms with Crippen molar-refractivity contribution in [2.45, 2.75) is 26.2 Å². The summed E-state index contributed by atoms with van der Waals surface area (Å²) in [5, 5.41) is 6.85. The Hall–Kier alpha value is -1.84. The van der Waals surface area contributed by atoms with Crippen molar-refractivity contribution >= 4 is 23.2 Å². The minimum Gasteiger partial charge on any atom is -0.326 e. The minimum atomic E-state index is 0.00549. The third-order valence-corrected chi connectivity index (χ3v) is 3.90. The minimum absolute atomic E-state index is 0.00549. The molecule has 0 saturated carbocycles. The first kappa shape index (κ1) is 17.5. The SMILES string of the molecule is Cc1ccc(Cl)cc1NC(=O)CCNCCCc1ccccc1. The zero-order valence-corrected chi connectivity index (χ0v) is 14.2. The Morgan fingerprint density at radius 3 is 2.65 bits per heavy atom. The molecule has 3 nitrogen and oxygen atoms in total. The van der Waals surface area contributed by atoms with Gasteiger partial charge in [-0.15, -0.1) is 0 Å². The molecule has 0 aromatic heterocycles. The molecule has 2 N–H and O–H groups in total. The van der Waals surface area contributed by atoms with Gasteiger partial charge in [-0.25, -0.2) is 0 Å². The third kappa shape index (κ3) is 6.43. The molecule has 4 heteroatoms. The van der Waals surface area contributed by atoms with E-state index in [9.17, 15) is 4.79 Å². The molecule has 2 aromatic carbocycles. The second-order valence-electron chi connectivity index (χ2n) is 5.60. The van der Waals surface area contributed by atoms with Gasteiger partial charge in [0.2, 0.25) is 5.91 Å². The van der Waals surface area contributed by atoms with Crippen LogP contribution in [-0.2, 0) is 11.2 Å². The van der Waals surface area contributed by atoms with E-state index >= 15 is 0 Å². The number of benzene rings is 2. The molecule has 0 saturated heterocycles. The second kappa shape index (κ2) is 9.33. The summed E-state index contributed by atoms with van der Waals surface area (Å²) < 4.78 is 0. The Balaban J connectivity index is 1.60. The zero-order valence-electron chi connectivity index (χ0n) is 13.4. The molecule has 122 valence electrons. The van der Waals surface area contributed by atoms with E-state index in [0.717, 1.165) is 30.6 Å². The van der Waals surface area contributed by atoms with E-state index in [1.165, 1.54) is 5.56 Å². The molecule has 0 aliphatic carbocycles. The number of hydrogen-bond donors (Lipinski definition) is 2. The van der Waals surface area contributed by atoms with Crippen LogP contribution >= 0.6 is 11.6 Å². The number of halogens is 1. The van der Waals surface area contributed by atoms with Crippen LogP contribution in [0.4, 0.5) is 5.69 Å². The highest BCUT2D eigenvalue weighted by molar-refractivity contribution is 6.31. The zero-order chi connectivity index (χ0) is 16.5. The lowest BCUT2D eigenvalue weighted by Crippen LogP contribution is -2.23. The van der Waals surface area contributed by atoms with Crippen LogP contribution in [0.15, 0.2) is 48.5 Å². The van der Waals surface area contributed by atoms with Gasteiger partial charge in [0.05, 0.1) is 0 Å². The maximum atomic E-state index is 11.9. The number of nitrogens with one attached hydrogen (secondary N) is 2. The van der Waals surface area contributed by atoms with Crippen molar-refractivity contribution in [3.8, 4) is 0 Å². The fourth-order valence-corrected chi connectivity index (χ4v) is 2.50. The second-order valence-corrected chi connectivity index (χ2v) is 6.03. The first-order valence-electron chi connectivity index (χ1n) is 7.96. The average molecular weight is 331 g/mol. The lowest BCUT2D eigenvalue weighted by Gasteiger charge is -2.09. The van der Waals surface area contributed by atoms with E-state index in [4.69, 9.17) is 11.6 Å². The molecule has 0 unspecified atom stereocenters. The molecule has 2 rings (SSSR count). The van der Waals surface area contributed by atoms with Gasteiger partial charge in [0.1, 0.15) is 0 Å². The van der Waals surface area contributed by atoms with Crippen LogP contribution in [0.5, 0.6) is 0 Å². The van der Waals surface area contributed by atoms with Crippen molar-refractivity contribution < 1.29 is 4.79 Å². The maximum absolute atomic E-state index is 11.9. The predicted molar refractivity (Wildman–Crippen MR) is 97.1 cm³/mol. The van der Waals surface area contributed by atoms with Crippen LogP contribution < -0.4 is 10.6 Å². The monoisotopic (exact) mass is 330 g/mol. The van der Waals surface area contributed by atoms with E-state index in [0.29, 0.717) is 18.0 Å². The highest BCUT2D eigenvalue weighted by Gasteiger charge is 2.05. The summed E-state index contributed by atoms with van der Waals surface area (Å²) in [7, 11) is 0. The smallest absolute Gasteiger partial charge is 0.225 e. The molecular weight excluding hydrogens is 308 g/mol. The highest BCUT2D eigenvalue weighted by atomic mass is 35.5. The van der Waals surface area contributed by atoms with Crippen molar-refractivity contribution in [1.82, 2.24) is 5.32 Å². The number of aryl methyl sites for hydroxylation is 2. The van der Waals surface area contributed by atoms with Gasteiger partial charge in [0.25, 0.3) is 0 Å². The number of hydrogen-bond acceptors (Lipinski definition) is 2. The van der Waals surface area contributed by atoms with Crippen molar-refractivity contribution in [1.29, 1.82) is 0 Å². The van der Waals surface area contributed by atoms with E-state index in [2.05, 4.69) is 34.9 Å². The van der Waals surface area contributed by atoms with Gasteiger partial charge in [0.15, 0.2) is 0 Å². The molecule has 0 aliphatic rings. The Bertz CT molecular complexity index is 629.